The van der Waals surface area contributed by atoms with Crippen molar-refractivity contribution in [1.82, 2.24) is 24.3 Å². The number of imidazole rings is 1. The van der Waals surface area contributed by atoms with Gasteiger partial charge in [0.05, 0.1) is 41.7 Å². The first-order valence-corrected chi connectivity index (χ1v) is 10.7. The predicted octanol–water partition coefficient (Wildman–Crippen LogP) is 3.23. The van der Waals surface area contributed by atoms with Crippen LogP contribution in [0.1, 0.15) is 5.56 Å². The highest BCUT2D eigenvalue weighted by molar-refractivity contribution is 6.33. The second-order valence-corrected chi connectivity index (χ2v) is 8.08. The molecule has 1 aliphatic rings. The molecule has 1 saturated heterocycles. The number of fused-ring (bicyclic) bond motifs is 3. The van der Waals surface area contributed by atoms with Gasteiger partial charge < -0.3 is 15.8 Å². The molecule has 31 heavy (non-hydrogen) atoms. The molecule has 5 rings (SSSR count). The van der Waals surface area contributed by atoms with Crippen LogP contribution in [0.25, 0.3) is 27.9 Å². The van der Waals surface area contributed by atoms with Crippen molar-refractivity contribution in [3.05, 3.63) is 47.2 Å². The van der Waals surface area contributed by atoms with Gasteiger partial charge >= 0.3 is 0 Å². The van der Waals surface area contributed by atoms with Gasteiger partial charge in [-0.1, -0.05) is 23.7 Å². The molecule has 4 aromatic rings. The molecule has 9 heteroatoms. The average molecular weight is 438 g/mol. The number of aryl methyl sites for hydroxylation is 1. The summed E-state index contributed by atoms with van der Waals surface area (Å²) in [4.78, 5) is 16.2. The number of aromatic nitrogens is 4. The molecular formula is C22H24ClN7O. The fourth-order valence-corrected chi connectivity index (χ4v) is 4.32. The number of morpholine rings is 1. The summed E-state index contributed by atoms with van der Waals surface area (Å²) in [5.74, 6) is 1.91. The van der Waals surface area contributed by atoms with Gasteiger partial charge in [0.15, 0.2) is 0 Å². The zero-order chi connectivity index (χ0) is 21.4. The van der Waals surface area contributed by atoms with Gasteiger partial charge in [0, 0.05) is 37.8 Å². The molecule has 8 nitrogen and oxygen atoms in total. The minimum absolute atomic E-state index is 0.418. The predicted molar refractivity (Wildman–Crippen MR) is 124 cm³/mol. The molecule has 0 saturated carbocycles. The van der Waals surface area contributed by atoms with E-state index in [1.807, 2.05) is 41.8 Å². The van der Waals surface area contributed by atoms with Crippen LogP contribution in [0.2, 0.25) is 5.02 Å². The Kier molecular flexibility index (Phi) is 5.35. The Balaban J connectivity index is 1.50. The number of nitrogens with zero attached hydrogens (tertiary/aromatic N) is 5. The number of nitrogens with two attached hydrogens (primary N) is 1. The topological polar surface area (TPSA) is 93.6 Å². The molecule has 4 heterocycles. The van der Waals surface area contributed by atoms with Crippen LogP contribution in [0.4, 0.5) is 11.6 Å². The van der Waals surface area contributed by atoms with Gasteiger partial charge in [0.1, 0.15) is 23.0 Å². The fraction of sp³-hybridized carbons (Fsp3) is 0.318. The fourth-order valence-electron chi connectivity index (χ4n) is 4.02. The summed E-state index contributed by atoms with van der Waals surface area (Å²) in [5.41, 5.74) is 10.5. The smallest absolute Gasteiger partial charge is 0.150 e. The third kappa shape index (κ3) is 3.78. The van der Waals surface area contributed by atoms with Crippen molar-refractivity contribution in [2.24, 2.45) is 0 Å². The van der Waals surface area contributed by atoms with Crippen molar-refractivity contribution in [2.75, 3.05) is 50.4 Å². The van der Waals surface area contributed by atoms with Crippen LogP contribution in [-0.4, -0.2) is 63.6 Å². The molecule has 0 atom stereocenters. The summed E-state index contributed by atoms with van der Waals surface area (Å²) in [7, 11) is 0. The van der Waals surface area contributed by atoms with Crippen LogP contribution < -0.4 is 11.1 Å². The normalized spacial score (nSPS) is 15.0. The molecule has 3 aromatic heterocycles. The number of nitrogens with one attached hydrogen (secondary N) is 1. The molecule has 1 aliphatic heterocycles. The molecule has 3 N–H and O–H groups in total. The average Bonchev–Trinajstić information content (AvgIpc) is 3.20. The molecule has 1 fully saturated rings. The van der Waals surface area contributed by atoms with Crippen LogP contribution in [-0.2, 0) is 4.74 Å². The van der Waals surface area contributed by atoms with Crippen molar-refractivity contribution in [2.45, 2.75) is 6.92 Å². The summed E-state index contributed by atoms with van der Waals surface area (Å²) in [5, 5.41) is 4.03. The number of hydrogen-bond acceptors (Lipinski definition) is 7. The van der Waals surface area contributed by atoms with Crippen molar-refractivity contribution in [3.63, 3.8) is 0 Å². The van der Waals surface area contributed by atoms with E-state index in [0.29, 0.717) is 10.8 Å². The van der Waals surface area contributed by atoms with E-state index in [9.17, 15) is 0 Å². The van der Waals surface area contributed by atoms with Gasteiger partial charge in [0.2, 0.25) is 0 Å². The number of benzene rings is 1. The first kappa shape index (κ1) is 20.0. The third-order valence-corrected chi connectivity index (χ3v) is 5.97. The summed E-state index contributed by atoms with van der Waals surface area (Å²) >= 11 is 6.52. The molecular weight excluding hydrogens is 414 g/mol. The lowest BCUT2D eigenvalue weighted by atomic mass is 10.1. The first-order valence-electron chi connectivity index (χ1n) is 10.3. The van der Waals surface area contributed by atoms with Crippen molar-refractivity contribution in [1.29, 1.82) is 0 Å². The van der Waals surface area contributed by atoms with Crippen LogP contribution in [0.5, 0.6) is 0 Å². The maximum absolute atomic E-state index is 6.52. The van der Waals surface area contributed by atoms with Crippen LogP contribution in [0, 0.1) is 6.92 Å². The lowest BCUT2D eigenvalue weighted by Crippen LogP contribution is -2.39. The van der Waals surface area contributed by atoms with E-state index < -0.39 is 0 Å². The summed E-state index contributed by atoms with van der Waals surface area (Å²) in [6, 6.07) is 7.74. The van der Waals surface area contributed by atoms with E-state index >= 15 is 0 Å². The molecule has 0 spiro atoms. The number of hydrogen-bond donors (Lipinski definition) is 2. The van der Waals surface area contributed by atoms with Crippen molar-refractivity contribution < 1.29 is 4.74 Å². The van der Waals surface area contributed by atoms with E-state index in [1.165, 1.54) is 0 Å². The lowest BCUT2D eigenvalue weighted by molar-refractivity contribution is 0.0398. The minimum Gasteiger partial charge on any atom is -0.382 e. The van der Waals surface area contributed by atoms with Crippen LogP contribution in [0.3, 0.4) is 0 Å². The maximum Gasteiger partial charge on any atom is 0.150 e. The molecule has 0 amide bonds. The van der Waals surface area contributed by atoms with Gasteiger partial charge in [-0.2, -0.15) is 0 Å². The van der Waals surface area contributed by atoms with Gasteiger partial charge in [-0.05, 0) is 18.6 Å². The highest BCUT2D eigenvalue weighted by Crippen LogP contribution is 2.33. The standard InChI is InChI=1S/C22H24ClN7O/c1-14-3-2-4-15(23)20(14)22-27-13-18-21(24)28-16-11-19(26-12-17(16)30(18)22)25-5-6-29-7-9-31-10-8-29/h2-4,11-13H,5-10H2,1H3,(H2,24,28)(H,25,26). The Labute approximate surface area is 185 Å². The SMILES string of the molecule is Cc1cccc(Cl)c1-c1ncc2c(N)nc3cc(NCCN4CCOCC4)ncc3n12. The van der Waals surface area contributed by atoms with E-state index in [0.717, 1.165) is 78.7 Å². The molecule has 0 aliphatic carbocycles. The second-order valence-electron chi connectivity index (χ2n) is 7.67. The number of ether oxygens (including phenoxy) is 1. The largest absolute Gasteiger partial charge is 0.382 e. The number of pyridine rings is 1. The number of anilines is 2. The van der Waals surface area contributed by atoms with Gasteiger partial charge in [0.25, 0.3) is 0 Å². The monoisotopic (exact) mass is 437 g/mol. The Bertz CT molecular complexity index is 1230. The Morgan fingerprint density at radius 3 is 2.77 bits per heavy atom. The van der Waals surface area contributed by atoms with E-state index in [2.05, 4.69) is 25.2 Å². The highest BCUT2D eigenvalue weighted by atomic mass is 35.5. The zero-order valence-corrected chi connectivity index (χ0v) is 18.1. The van der Waals surface area contributed by atoms with Gasteiger partial charge in [-0.3, -0.25) is 9.30 Å². The first-order chi connectivity index (χ1) is 15.1. The maximum atomic E-state index is 6.52. The van der Waals surface area contributed by atoms with E-state index in [1.54, 1.807) is 6.20 Å². The molecule has 0 unspecified atom stereocenters. The van der Waals surface area contributed by atoms with Gasteiger partial charge in [-0.15, -0.1) is 0 Å². The van der Waals surface area contributed by atoms with E-state index in [-0.39, 0.29) is 0 Å². The number of halogens is 1. The zero-order valence-electron chi connectivity index (χ0n) is 17.3. The quantitative estimate of drug-likeness (QED) is 0.495. The second kappa shape index (κ2) is 8.30. The summed E-state index contributed by atoms with van der Waals surface area (Å²) in [6.07, 6.45) is 3.54. The molecule has 1 aromatic carbocycles. The Morgan fingerprint density at radius 1 is 1.16 bits per heavy atom. The van der Waals surface area contributed by atoms with Crippen molar-refractivity contribution >= 4 is 39.8 Å². The third-order valence-electron chi connectivity index (χ3n) is 5.65. The number of rotatable bonds is 5. The number of nitrogen functional groups attached to an aromatic ring is 1. The molecule has 0 radical (unpaired) electrons. The highest BCUT2D eigenvalue weighted by Gasteiger charge is 2.17. The van der Waals surface area contributed by atoms with Crippen LogP contribution >= 0.6 is 11.6 Å². The molecule has 160 valence electrons. The lowest BCUT2D eigenvalue weighted by Gasteiger charge is -2.26. The molecule has 0 bridgehead atoms. The van der Waals surface area contributed by atoms with Crippen LogP contribution in [0.15, 0.2) is 36.7 Å². The Morgan fingerprint density at radius 2 is 1.97 bits per heavy atom. The summed E-state index contributed by atoms with van der Waals surface area (Å²) in [6.45, 7) is 7.28. The van der Waals surface area contributed by atoms with E-state index in [4.69, 9.17) is 22.1 Å². The Hall–Kier alpha value is -2.94. The van der Waals surface area contributed by atoms with Crippen molar-refractivity contribution in [3.8, 4) is 11.4 Å². The summed E-state index contributed by atoms with van der Waals surface area (Å²) < 4.78 is 7.38. The van der Waals surface area contributed by atoms with Gasteiger partial charge in [-0.25, -0.2) is 15.0 Å². The minimum atomic E-state index is 0.418.